The molecule has 0 fully saturated rings. The van der Waals surface area contributed by atoms with Crippen LogP contribution in [-0.2, 0) is 7.05 Å². The first kappa shape index (κ1) is 7.27. The van der Waals surface area contributed by atoms with Crippen LogP contribution in [0, 0.1) is 0 Å². The van der Waals surface area contributed by atoms with Gasteiger partial charge in [-0.25, -0.2) is 9.78 Å². The lowest BCUT2D eigenvalue weighted by Gasteiger charge is -1.90. The largest absolute Gasteiger partial charge is 0.476 e. The third kappa shape index (κ3) is 1.04. The number of rotatable bonds is 1. The van der Waals surface area contributed by atoms with Crippen molar-refractivity contribution >= 4 is 21.9 Å². The average Bonchev–Trinajstić information content (AvgIpc) is 2.14. The molecule has 0 amide bonds. The zero-order valence-electron chi connectivity index (χ0n) is 5.21. The zero-order chi connectivity index (χ0) is 7.72. The molecule has 1 N–H and O–H groups in total. The summed E-state index contributed by atoms with van der Waals surface area (Å²) in [5.74, 6) is -1.02. The van der Waals surface area contributed by atoms with E-state index in [2.05, 4.69) is 20.9 Å². The van der Waals surface area contributed by atoms with Crippen molar-refractivity contribution in [3.63, 3.8) is 0 Å². The second kappa shape index (κ2) is 2.42. The van der Waals surface area contributed by atoms with Gasteiger partial charge >= 0.3 is 5.97 Å². The Kier molecular flexibility index (Phi) is 1.76. The Balaban J connectivity index is 3.17. The van der Waals surface area contributed by atoms with E-state index < -0.39 is 5.97 Å². The maximum absolute atomic E-state index is 10.3. The molecule has 54 valence electrons. The van der Waals surface area contributed by atoms with Crippen LogP contribution in [0.1, 0.15) is 10.5 Å². The molecule has 0 aromatic carbocycles. The second-order valence-electron chi connectivity index (χ2n) is 1.80. The smallest absolute Gasteiger partial charge is 0.357 e. The standard InChI is InChI=1S/C5H5BrN2O2/c1-8-2-7-3(4(8)6)5(9)10/h2H,1H3,(H,9,10). The van der Waals surface area contributed by atoms with Crippen molar-refractivity contribution in [2.45, 2.75) is 0 Å². The molecule has 5 heteroatoms. The fraction of sp³-hybridized carbons (Fsp3) is 0.200. The molecule has 1 rings (SSSR count). The van der Waals surface area contributed by atoms with Crippen LogP contribution in [-0.4, -0.2) is 20.6 Å². The summed E-state index contributed by atoms with van der Waals surface area (Å²) in [5, 5.41) is 8.47. The predicted octanol–water partition coefficient (Wildman–Crippen LogP) is 0.881. The molecule has 4 nitrogen and oxygen atoms in total. The van der Waals surface area contributed by atoms with Gasteiger partial charge in [0.2, 0.25) is 0 Å². The fourth-order valence-electron chi connectivity index (χ4n) is 0.559. The molecule has 0 aliphatic rings. The highest BCUT2D eigenvalue weighted by molar-refractivity contribution is 9.10. The number of carboxylic acid groups (broad SMARTS) is 1. The van der Waals surface area contributed by atoms with Crippen LogP contribution in [0.5, 0.6) is 0 Å². The third-order valence-corrected chi connectivity index (χ3v) is 2.00. The van der Waals surface area contributed by atoms with E-state index in [1.54, 1.807) is 11.6 Å². The van der Waals surface area contributed by atoms with Crippen LogP contribution in [0.4, 0.5) is 0 Å². The minimum atomic E-state index is -1.02. The summed E-state index contributed by atoms with van der Waals surface area (Å²) in [4.78, 5) is 14.0. The van der Waals surface area contributed by atoms with Crippen molar-refractivity contribution in [1.29, 1.82) is 0 Å². The number of aryl methyl sites for hydroxylation is 1. The monoisotopic (exact) mass is 204 g/mol. The Hall–Kier alpha value is -0.840. The fourth-order valence-corrected chi connectivity index (χ4v) is 0.922. The normalized spacial score (nSPS) is 9.80. The third-order valence-electron chi connectivity index (χ3n) is 1.07. The molecule has 0 radical (unpaired) electrons. The van der Waals surface area contributed by atoms with E-state index in [4.69, 9.17) is 5.11 Å². The molecule has 0 saturated carbocycles. The van der Waals surface area contributed by atoms with Gasteiger partial charge in [-0.1, -0.05) is 0 Å². The Bertz CT molecular complexity index is 269. The molecule has 1 heterocycles. The van der Waals surface area contributed by atoms with Crippen LogP contribution >= 0.6 is 15.9 Å². The number of carboxylic acids is 1. The van der Waals surface area contributed by atoms with E-state index >= 15 is 0 Å². The molecule has 10 heavy (non-hydrogen) atoms. The summed E-state index contributed by atoms with van der Waals surface area (Å²) >= 11 is 3.07. The molecular formula is C5H5BrN2O2. The van der Waals surface area contributed by atoms with E-state index in [0.717, 1.165) is 0 Å². The van der Waals surface area contributed by atoms with Gasteiger partial charge in [0.1, 0.15) is 4.60 Å². The quantitative estimate of drug-likeness (QED) is 0.740. The minimum Gasteiger partial charge on any atom is -0.476 e. The summed E-state index contributed by atoms with van der Waals surface area (Å²) in [6, 6.07) is 0. The van der Waals surface area contributed by atoms with Gasteiger partial charge in [0.05, 0.1) is 6.33 Å². The van der Waals surface area contributed by atoms with E-state index in [9.17, 15) is 4.79 Å². The molecule has 0 unspecified atom stereocenters. The maximum Gasteiger partial charge on any atom is 0.357 e. The van der Waals surface area contributed by atoms with Gasteiger partial charge in [-0.2, -0.15) is 0 Å². The summed E-state index contributed by atoms with van der Waals surface area (Å²) < 4.78 is 2.07. The second-order valence-corrected chi connectivity index (χ2v) is 2.55. The maximum atomic E-state index is 10.3. The van der Waals surface area contributed by atoms with Gasteiger partial charge in [-0.15, -0.1) is 0 Å². The van der Waals surface area contributed by atoms with Crippen molar-refractivity contribution in [2.24, 2.45) is 7.05 Å². The number of hydrogen-bond acceptors (Lipinski definition) is 2. The number of nitrogens with zero attached hydrogens (tertiary/aromatic N) is 2. The lowest BCUT2D eigenvalue weighted by molar-refractivity contribution is 0.0690. The molecule has 0 aliphatic carbocycles. The van der Waals surface area contributed by atoms with Gasteiger partial charge in [-0.05, 0) is 15.9 Å². The van der Waals surface area contributed by atoms with Gasteiger partial charge in [0, 0.05) is 7.05 Å². The SMILES string of the molecule is Cn1cnc(C(=O)O)c1Br. The highest BCUT2D eigenvalue weighted by Crippen LogP contribution is 2.12. The van der Waals surface area contributed by atoms with Gasteiger partial charge in [-0.3, -0.25) is 0 Å². The highest BCUT2D eigenvalue weighted by Gasteiger charge is 2.11. The topological polar surface area (TPSA) is 55.1 Å². The molecule has 0 spiro atoms. The van der Waals surface area contributed by atoms with E-state index in [0.29, 0.717) is 4.60 Å². The molecule has 0 aliphatic heterocycles. The lowest BCUT2D eigenvalue weighted by atomic mass is 10.5. The Morgan fingerprint density at radius 3 is 2.70 bits per heavy atom. The summed E-state index contributed by atoms with van der Waals surface area (Å²) in [6.45, 7) is 0. The zero-order valence-corrected chi connectivity index (χ0v) is 6.79. The summed E-state index contributed by atoms with van der Waals surface area (Å²) in [7, 11) is 1.71. The van der Waals surface area contributed by atoms with Crippen LogP contribution < -0.4 is 0 Å². The number of imidazole rings is 1. The average molecular weight is 205 g/mol. The number of aromatic nitrogens is 2. The van der Waals surface area contributed by atoms with Gasteiger partial charge in [0.15, 0.2) is 5.69 Å². The number of halogens is 1. The highest BCUT2D eigenvalue weighted by atomic mass is 79.9. The van der Waals surface area contributed by atoms with Gasteiger partial charge in [0.25, 0.3) is 0 Å². The Morgan fingerprint density at radius 1 is 1.90 bits per heavy atom. The first-order valence-electron chi connectivity index (χ1n) is 2.53. The Labute approximate surface area is 65.6 Å². The molecular weight excluding hydrogens is 200 g/mol. The van der Waals surface area contributed by atoms with Crippen molar-refractivity contribution in [3.8, 4) is 0 Å². The molecule has 1 aromatic heterocycles. The first-order valence-corrected chi connectivity index (χ1v) is 3.32. The molecule has 0 bridgehead atoms. The van der Waals surface area contributed by atoms with E-state index in [1.165, 1.54) is 6.33 Å². The number of carbonyl (C=O) groups is 1. The molecule has 0 saturated heterocycles. The van der Waals surface area contributed by atoms with Crippen molar-refractivity contribution < 1.29 is 9.90 Å². The molecule has 1 aromatic rings. The van der Waals surface area contributed by atoms with Crippen molar-refractivity contribution in [3.05, 3.63) is 16.6 Å². The number of hydrogen-bond donors (Lipinski definition) is 1. The number of aromatic carboxylic acids is 1. The van der Waals surface area contributed by atoms with Crippen molar-refractivity contribution in [1.82, 2.24) is 9.55 Å². The van der Waals surface area contributed by atoms with Gasteiger partial charge < -0.3 is 9.67 Å². The van der Waals surface area contributed by atoms with Crippen LogP contribution in [0.15, 0.2) is 10.9 Å². The first-order chi connectivity index (χ1) is 4.63. The van der Waals surface area contributed by atoms with Crippen molar-refractivity contribution in [2.75, 3.05) is 0 Å². The predicted molar refractivity (Wildman–Crippen MR) is 37.9 cm³/mol. The summed E-state index contributed by atoms with van der Waals surface area (Å²) in [5.41, 5.74) is 0.0440. The minimum absolute atomic E-state index is 0.0440. The summed E-state index contributed by atoms with van der Waals surface area (Å²) in [6.07, 6.45) is 1.44. The Morgan fingerprint density at radius 2 is 2.50 bits per heavy atom. The lowest BCUT2D eigenvalue weighted by Crippen LogP contribution is -1.97. The van der Waals surface area contributed by atoms with E-state index in [1.807, 2.05) is 0 Å². The van der Waals surface area contributed by atoms with Crippen LogP contribution in [0.25, 0.3) is 0 Å². The van der Waals surface area contributed by atoms with E-state index in [-0.39, 0.29) is 5.69 Å². The molecule has 0 atom stereocenters. The van der Waals surface area contributed by atoms with Crippen LogP contribution in [0.3, 0.4) is 0 Å². The van der Waals surface area contributed by atoms with Crippen LogP contribution in [0.2, 0.25) is 0 Å².